The first-order valence-electron chi connectivity index (χ1n) is 11.2. The van der Waals surface area contributed by atoms with Crippen LogP contribution >= 0.6 is 0 Å². The van der Waals surface area contributed by atoms with Crippen molar-refractivity contribution in [2.75, 3.05) is 16.6 Å². The Morgan fingerprint density at radius 1 is 1.03 bits per heavy atom. The molecule has 0 spiro atoms. The molecule has 3 aromatic rings. The van der Waals surface area contributed by atoms with Gasteiger partial charge in [0.1, 0.15) is 11.6 Å². The summed E-state index contributed by atoms with van der Waals surface area (Å²) in [5, 5.41) is 2.79. The van der Waals surface area contributed by atoms with E-state index in [0.717, 1.165) is 11.1 Å². The number of anilines is 2. The van der Waals surface area contributed by atoms with Crippen LogP contribution in [0.3, 0.4) is 0 Å². The number of hydrogen-bond donors (Lipinski definition) is 2. The smallest absolute Gasteiger partial charge is 0.263 e. The molecule has 2 N–H and O–H groups in total. The Morgan fingerprint density at radius 3 is 2.37 bits per heavy atom. The van der Waals surface area contributed by atoms with Crippen molar-refractivity contribution in [3.63, 3.8) is 0 Å². The zero-order valence-corrected chi connectivity index (χ0v) is 20.6. The van der Waals surface area contributed by atoms with Gasteiger partial charge in [0, 0.05) is 37.0 Å². The normalized spacial score (nSPS) is 15.8. The fourth-order valence-electron chi connectivity index (χ4n) is 3.94. The molecule has 1 aromatic heterocycles. The quantitative estimate of drug-likeness (QED) is 0.521. The average molecular weight is 494 g/mol. The fraction of sp³-hybridized carbons (Fsp3) is 0.280. The Balaban J connectivity index is 1.37. The Morgan fingerprint density at radius 2 is 1.71 bits per heavy atom. The summed E-state index contributed by atoms with van der Waals surface area (Å²) < 4.78 is 27.9. The molecule has 2 heterocycles. The molecule has 2 aromatic carbocycles. The van der Waals surface area contributed by atoms with Crippen molar-refractivity contribution in [3.05, 3.63) is 77.2 Å². The van der Waals surface area contributed by atoms with Crippen LogP contribution in [-0.2, 0) is 26.2 Å². The number of amides is 2. The van der Waals surface area contributed by atoms with Gasteiger partial charge in [-0.3, -0.25) is 14.3 Å². The lowest BCUT2D eigenvalue weighted by atomic mass is 10.1. The van der Waals surface area contributed by atoms with E-state index in [1.165, 1.54) is 24.3 Å². The van der Waals surface area contributed by atoms with Gasteiger partial charge in [0.2, 0.25) is 11.8 Å². The second kappa shape index (κ2) is 9.83. The van der Waals surface area contributed by atoms with Gasteiger partial charge in [-0.25, -0.2) is 18.4 Å². The van der Waals surface area contributed by atoms with Crippen molar-refractivity contribution in [2.45, 2.75) is 38.6 Å². The van der Waals surface area contributed by atoms with Crippen molar-refractivity contribution >= 4 is 33.3 Å². The standard InChI is InChI=1S/C25H27N5O4S/c1-16-4-6-19(7-5-16)14-30-15-20(13-24(30)31)25(32)28-21-8-10-22(11-9-21)35(33,34)29-23-12-17(2)26-18(3)27-23/h4-12,20H,13-15H2,1-3H3,(H,28,32)(H,26,27,29)/t20-/m0/s1. The summed E-state index contributed by atoms with van der Waals surface area (Å²) in [4.78, 5) is 35.1. The number of aryl methyl sites for hydroxylation is 3. The molecule has 1 atom stereocenters. The van der Waals surface area contributed by atoms with Crippen LogP contribution in [0.15, 0.2) is 59.5 Å². The number of aromatic nitrogens is 2. The van der Waals surface area contributed by atoms with Crippen LogP contribution in [0.1, 0.15) is 29.1 Å². The Labute approximate surface area is 204 Å². The topological polar surface area (TPSA) is 121 Å². The molecule has 0 saturated carbocycles. The van der Waals surface area contributed by atoms with Crippen LogP contribution in [0.5, 0.6) is 0 Å². The van der Waals surface area contributed by atoms with Crippen LogP contribution in [0.25, 0.3) is 0 Å². The monoisotopic (exact) mass is 493 g/mol. The summed E-state index contributed by atoms with van der Waals surface area (Å²) in [7, 11) is -3.86. The highest BCUT2D eigenvalue weighted by Gasteiger charge is 2.34. The van der Waals surface area contributed by atoms with Gasteiger partial charge in [0.15, 0.2) is 0 Å². The first-order valence-corrected chi connectivity index (χ1v) is 12.7. The van der Waals surface area contributed by atoms with Crippen molar-refractivity contribution in [1.29, 1.82) is 0 Å². The van der Waals surface area contributed by atoms with Gasteiger partial charge in [0.25, 0.3) is 10.0 Å². The average Bonchev–Trinajstić information content (AvgIpc) is 3.15. The molecule has 9 nitrogen and oxygen atoms in total. The lowest BCUT2D eigenvalue weighted by Gasteiger charge is -2.17. The zero-order valence-electron chi connectivity index (χ0n) is 19.8. The molecule has 10 heteroatoms. The number of nitrogens with zero attached hydrogens (tertiary/aromatic N) is 3. The lowest BCUT2D eigenvalue weighted by Crippen LogP contribution is -2.28. The van der Waals surface area contributed by atoms with E-state index in [0.29, 0.717) is 30.3 Å². The van der Waals surface area contributed by atoms with E-state index >= 15 is 0 Å². The van der Waals surface area contributed by atoms with Gasteiger partial charge in [-0.1, -0.05) is 29.8 Å². The van der Waals surface area contributed by atoms with Crippen molar-refractivity contribution in [1.82, 2.24) is 14.9 Å². The minimum absolute atomic E-state index is 0.0322. The zero-order chi connectivity index (χ0) is 25.2. The van der Waals surface area contributed by atoms with E-state index in [1.807, 2.05) is 31.2 Å². The molecule has 1 aliphatic rings. The third kappa shape index (κ3) is 6.02. The number of carbonyl (C=O) groups is 2. The molecular weight excluding hydrogens is 466 g/mol. The van der Waals surface area contributed by atoms with E-state index in [9.17, 15) is 18.0 Å². The van der Waals surface area contributed by atoms with Crippen LogP contribution in [0.4, 0.5) is 11.5 Å². The van der Waals surface area contributed by atoms with Gasteiger partial charge in [-0.15, -0.1) is 0 Å². The molecule has 0 radical (unpaired) electrons. The third-order valence-electron chi connectivity index (χ3n) is 5.72. The van der Waals surface area contributed by atoms with Crippen LogP contribution < -0.4 is 10.0 Å². The number of likely N-dealkylation sites (tertiary alicyclic amines) is 1. The summed E-state index contributed by atoms with van der Waals surface area (Å²) >= 11 is 0. The molecule has 1 saturated heterocycles. The highest BCUT2D eigenvalue weighted by atomic mass is 32.2. The van der Waals surface area contributed by atoms with Gasteiger partial charge < -0.3 is 10.2 Å². The number of nitrogens with one attached hydrogen (secondary N) is 2. The Bertz CT molecular complexity index is 1340. The predicted octanol–water partition coefficient (Wildman–Crippen LogP) is 3.19. The second-order valence-corrected chi connectivity index (χ2v) is 10.4. The van der Waals surface area contributed by atoms with E-state index in [-0.39, 0.29) is 28.9 Å². The maximum atomic E-state index is 12.8. The minimum atomic E-state index is -3.86. The van der Waals surface area contributed by atoms with Crippen LogP contribution in [0.2, 0.25) is 0 Å². The predicted molar refractivity (Wildman–Crippen MR) is 132 cm³/mol. The summed E-state index contributed by atoms with van der Waals surface area (Å²) in [5.41, 5.74) is 3.26. The van der Waals surface area contributed by atoms with E-state index < -0.39 is 15.9 Å². The van der Waals surface area contributed by atoms with Gasteiger partial charge in [-0.05, 0) is 50.6 Å². The summed E-state index contributed by atoms with van der Waals surface area (Å²) in [6.45, 7) is 6.25. The molecule has 0 unspecified atom stereocenters. The van der Waals surface area contributed by atoms with Crippen molar-refractivity contribution in [3.8, 4) is 0 Å². The molecule has 2 amide bonds. The highest BCUT2D eigenvalue weighted by molar-refractivity contribution is 7.92. The van der Waals surface area contributed by atoms with E-state index in [2.05, 4.69) is 20.0 Å². The first-order chi connectivity index (χ1) is 16.6. The van der Waals surface area contributed by atoms with Gasteiger partial charge >= 0.3 is 0 Å². The molecule has 35 heavy (non-hydrogen) atoms. The minimum Gasteiger partial charge on any atom is -0.338 e. The maximum absolute atomic E-state index is 12.8. The SMILES string of the molecule is Cc1ccc(CN2C[C@@H](C(=O)Nc3ccc(S(=O)(=O)Nc4cc(C)nc(C)n4)cc3)CC2=O)cc1. The number of benzene rings is 2. The molecular formula is C25H27N5O4S. The highest BCUT2D eigenvalue weighted by Crippen LogP contribution is 2.23. The van der Waals surface area contributed by atoms with Crippen molar-refractivity contribution < 1.29 is 18.0 Å². The first kappa shape index (κ1) is 24.3. The number of carbonyl (C=O) groups excluding carboxylic acids is 2. The number of hydrogen-bond acceptors (Lipinski definition) is 6. The lowest BCUT2D eigenvalue weighted by molar-refractivity contribution is -0.128. The molecule has 182 valence electrons. The molecule has 1 fully saturated rings. The molecule has 4 rings (SSSR count). The largest absolute Gasteiger partial charge is 0.338 e. The maximum Gasteiger partial charge on any atom is 0.263 e. The summed E-state index contributed by atoms with van der Waals surface area (Å²) in [6, 6.07) is 15.3. The fourth-order valence-corrected chi connectivity index (χ4v) is 4.93. The number of sulfonamides is 1. The Hall–Kier alpha value is -3.79. The van der Waals surface area contributed by atoms with E-state index in [4.69, 9.17) is 0 Å². The molecule has 0 aliphatic carbocycles. The second-order valence-electron chi connectivity index (χ2n) is 8.72. The van der Waals surface area contributed by atoms with Gasteiger partial charge in [0.05, 0.1) is 10.8 Å². The van der Waals surface area contributed by atoms with Crippen LogP contribution in [-0.4, -0.2) is 41.6 Å². The number of rotatable bonds is 7. The van der Waals surface area contributed by atoms with Crippen molar-refractivity contribution in [2.24, 2.45) is 5.92 Å². The van der Waals surface area contributed by atoms with Gasteiger partial charge in [-0.2, -0.15) is 0 Å². The van der Waals surface area contributed by atoms with E-state index in [1.54, 1.807) is 24.8 Å². The Kier molecular flexibility index (Phi) is 6.83. The molecule has 0 bridgehead atoms. The summed E-state index contributed by atoms with van der Waals surface area (Å²) in [5.74, 6) is -0.154. The third-order valence-corrected chi connectivity index (χ3v) is 7.09. The van der Waals surface area contributed by atoms with Crippen LogP contribution in [0, 0.1) is 26.7 Å². The molecule has 1 aliphatic heterocycles. The summed E-state index contributed by atoms with van der Waals surface area (Å²) in [6.07, 6.45) is 0.145.